The summed E-state index contributed by atoms with van der Waals surface area (Å²) in [5.41, 5.74) is 5.17. The van der Waals surface area contributed by atoms with E-state index < -0.39 is 0 Å². The molecule has 2 atom stereocenters. The van der Waals surface area contributed by atoms with Gasteiger partial charge in [-0.25, -0.2) is 4.79 Å². The normalized spacial score (nSPS) is 31.4. The summed E-state index contributed by atoms with van der Waals surface area (Å²) >= 11 is 0. The zero-order valence-electron chi connectivity index (χ0n) is 10.1. The quantitative estimate of drug-likeness (QED) is 0.699. The summed E-state index contributed by atoms with van der Waals surface area (Å²) in [6.07, 6.45) is 2.19. The van der Waals surface area contributed by atoms with Crippen LogP contribution in [0.4, 0.5) is 4.79 Å². The van der Waals surface area contributed by atoms with E-state index in [9.17, 15) is 4.79 Å². The van der Waals surface area contributed by atoms with Gasteiger partial charge in [-0.3, -0.25) is 0 Å². The Morgan fingerprint density at radius 3 is 2.53 bits per heavy atom. The Bertz CT molecular complexity index is 247. The molecule has 88 valence electrons. The average Bonchev–Trinajstić information content (AvgIpc) is 2.25. The summed E-state index contributed by atoms with van der Waals surface area (Å²) in [5.74, 6) is 0. The molecule has 0 aromatic heterocycles. The Hall–Kier alpha value is -0.770. The number of amides is 1. The highest BCUT2D eigenvalue weighted by Gasteiger charge is 2.37. The van der Waals surface area contributed by atoms with Crippen LogP contribution in [-0.4, -0.2) is 23.3 Å². The van der Waals surface area contributed by atoms with Crippen LogP contribution >= 0.6 is 0 Å². The van der Waals surface area contributed by atoms with Crippen molar-refractivity contribution in [2.75, 3.05) is 0 Å². The van der Waals surface area contributed by atoms with Gasteiger partial charge in [-0.05, 0) is 40.5 Å². The number of nitrogens with two attached hydrogens (primary N) is 1. The van der Waals surface area contributed by atoms with E-state index >= 15 is 0 Å². The van der Waals surface area contributed by atoms with Gasteiger partial charge in [0.25, 0.3) is 0 Å². The van der Waals surface area contributed by atoms with E-state index in [1.807, 2.05) is 27.7 Å². The first-order chi connectivity index (χ1) is 6.70. The lowest BCUT2D eigenvalue weighted by atomic mass is 10.1. The van der Waals surface area contributed by atoms with E-state index in [1.165, 1.54) is 0 Å². The van der Waals surface area contributed by atoms with Crippen LogP contribution in [0.5, 0.6) is 0 Å². The molecule has 0 aliphatic heterocycles. The molecule has 4 heteroatoms. The summed E-state index contributed by atoms with van der Waals surface area (Å²) in [6.45, 7) is 7.73. The lowest BCUT2D eigenvalue weighted by Gasteiger charge is -2.27. The molecule has 2 unspecified atom stereocenters. The monoisotopic (exact) mass is 214 g/mol. The minimum Gasteiger partial charge on any atom is -0.443 e. The molecule has 1 aliphatic rings. The van der Waals surface area contributed by atoms with Gasteiger partial charge in [0.05, 0.1) is 0 Å². The smallest absolute Gasteiger partial charge is 0.408 e. The number of hydrogen-bond acceptors (Lipinski definition) is 3. The molecule has 0 heterocycles. The second-order valence-electron chi connectivity index (χ2n) is 5.72. The molecule has 15 heavy (non-hydrogen) atoms. The van der Waals surface area contributed by atoms with Crippen molar-refractivity contribution in [1.29, 1.82) is 0 Å². The maximum absolute atomic E-state index is 11.6. The van der Waals surface area contributed by atoms with E-state index in [1.54, 1.807) is 0 Å². The van der Waals surface area contributed by atoms with Crippen molar-refractivity contribution < 1.29 is 9.53 Å². The molecule has 1 saturated carbocycles. The zero-order chi connectivity index (χ0) is 11.7. The molecule has 4 nitrogen and oxygen atoms in total. The van der Waals surface area contributed by atoms with E-state index in [4.69, 9.17) is 10.5 Å². The van der Waals surface area contributed by atoms with E-state index in [-0.39, 0.29) is 23.3 Å². The Labute approximate surface area is 91.5 Å². The van der Waals surface area contributed by atoms with Gasteiger partial charge in [0.2, 0.25) is 0 Å². The number of carbonyl (C=O) groups excluding carboxylic acids is 1. The maximum Gasteiger partial charge on any atom is 0.408 e. The van der Waals surface area contributed by atoms with Gasteiger partial charge in [-0.2, -0.15) is 0 Å². The molecule has 3 N–H and O–H groups in total. The summed E-state index contributed by atoms with van der Waals surface area (Å²) in [6, 6.07) is 0.164. The van der Waals surface area contributed by atoms with E-state index in [0.717, 1.165) is 19.3 Å². The minimum absolute atomic E-state index is 0.164. The fourth-order valence-electron chi connectivity index (χ4n) is 1.90. The molecule has 0 radical (unpaired) electrons. The molecule has 1 rings (SSSR count). The van der Waals surface area contributed by atoms with Crippen LogP contribution in [-0.2, 0) is 4.74 Å². The fourth-order valence-corrected chi connectivity index (χ4v) is 1.90. The van der Waals surface area contributed by atoms with Crippen LogP contribution in [0, 0.1) is 0 Å². The predicted octanol–water partition coefficient (Wildman–Crippen LogP) is 1.78. The number of nitrogens with one attached hydrogen (secondary N) is 1. The van der Waals surface area contributed by atoms with Crippen molar-refractivity contribution >= 4 is 6.09 Å². The van der Waals surface area contributed by atoms with Crippen LogP contribution in [0.15, 0.2) is 0 Å². The number of hydrogen-bond donors (Lipinski definition) is 2. The number of ether oxygens (including phenoxy) is 1. The second-order valence-corrected chi connectivity index (χ2v) is 5.72. The molecule has 1 amide bonds. The van der Waals surface area contributed by atoms with Gasteiger partial charge >= 0.3 is 6.09 Å². The van der Waals surface area contributed by atoms with Crippen LogP contribution in [0.2, 0.25) is 0 Å². The average molecular weight is 214 g/mol. The molecular formula is C11H22N2O2. The highest BCUT2D eigenvalue weighted by atomic mass is 16.6. The molecule has 0 spiro atoms. The Balaban J connectivity index is 2.45. The van der Waals surface area contributed by atoms with Crippen molar-refractivity contribution in [3.05, 3.63) is 0 Å². The van der Waals surface area contributed by atoms with Gasteiger partial charge in [0.15, 0.2) is 0 Å². The van der Waals surface area contributed by atoms with Crippen LogP contribution in [0.3, 0.4) is 0 Å². The summed E-state index contributed by atoms with van der Waals surface area (Å²) in [7, 11) is 0. The first-order valence-corrected chi connectivity index (χ1v) is 5.47. The highest BCUT2D eigenvalue weighted by molar-refractivity contribution is 5.68. The first-order valence-electron chi connectivity index (χ1n) is 5.47. The third kappa shape index (κ3) is 4.08. The van der Waals surface area contributed by atoms with Gasteiger partial charge in [0, 0.05) is 18.0 Å². The Kier molecular flexibility index (Phi) is 3.28. The lowest BCUT2D eigenvalue weighted by molar-refractivity contribution is 0.0256. The lowest BCUT2D eigenvalue weighted by Crippen LogP contribution is -2.44. The van der Waals surface area contributed by atoms with Crippen molar-refractivity contribution in [3.8, 4) is 0 Å². The predicted molar refractivity (Wildman–Crippen MR) is 59.6 cm³/mol. The topological polar surface area (TPSA) is 64.3 Å². The van der Waals surface area contributed by atoms with Crippen molar-refractivity contribution in [3.63, 3.8) is 0 Å². The number of carbonyl (C=O) groups is 1. The molecule has 0 saturated heterocycles. The van der Waals surface area contributed by atoms with Crippen molar-refractivity contribution in [2.24, 2.45) is 5.73 Å². The van der Waals surface area contributed by atoms with Crippen LogP contribution in [0.1, 0.15) is 47.0 Å². The molecule has 1 fully saturated rings. The zero-order valence-corrected chi connectivity index (χ0v) is 10.1. The first kappa shape index (κ1) is 12.3. The van der Waals surface area contributed by atoms with Crippen LogP contribution < -0.4 is 11.1 Å². The molecular weight excluding hydrogens is 192 g/mol. The Morgan fingerprint density at radius 2 is 2.13 bits per heavy atom. The molecule has 1 aliphatic carbocycles. The largest absolute Gasteiger partial charge is 0.443 e. The second kappa shape index (κ2) is 4.00. The van der Waals surface area contributed by atoms with Gasteiger partial charge in [0.1, 0.15) is 5.60 Å². The molecule has 0 aromatic rings. The molecule has 0 aromatic carbocycles. The molecule has 0 bridgehead atoms. The third-order valence-electron chi connectivity index (χ3n) is 2.55. The van der Waals surface area contributed by atoms with E-state index in [2.05, 4.69) is 5.32 Å². The fraction of sp³-hybridized carbons (Fsp3) is 0.909. The standard InChI is InChI=1S/C11H22N2O2/c1-10(2,3)13-9(14)15-11(4)6-5-8(12)7-11/h8H,5-7,12H2,1-4H3,(H,13,14). The maximum atomic E-state index is 11.6. The van der Waals surface area contributed by atoms with Gasteiger partial charge in [-0.1, -0.05) is 0 Å². The van der Waals surface area contributed by atoms with Crippen LogP contribution in [0.25, 0.3) is 0 Å². The number of alkyl carbamates (subject to hydrolysis) is 1. The SMILES string of the molecule is CC(C)(C)NC(=O)OC1(C)CCC(N)C1. The number of rotatable bonds is 1. The Morgan fingerprint density at radius 1 is 1.53 bits per heavy atom. The third-order valence-corrected chi connectivity index (χ3v) is 2.55. The summed E-state index contributed by atoms with van der Waals surface area (Å²) in [5, 5.41) is 2.78. The van der Waals surface area contributed by atoms with Gasteiger partial charge in [-0.15, -0.1) is 0 Å². The van der Waals surface area contributed by atoms with E-state index in [0.29, 0.717) is 0 Å². The van der Waals surface area contributed by atoms with Crippen molar-refractivity contribution in [1.82, 2.24) is 5.32 Å². The summed E-state index contributed by atoms with van der Waals surface area (Å²) in [4.78, 5) is 11.6. The summed E-state index contributed by atoms with van der Waals surface area (Å²) < 4.78 is 5.42. The highest BCUT2D eigenvalue weighted by Crippen LogP contribution is 2.32. The van der Waals surface area contributed by atoms with Gasteiger partial charge < -0.3 is 15.8 Å². The minimum atomic E-state index is -0.380. The van der Waals surface area contributed by atoms with Crippen molar-refractivity contribution in [2.45, 2.75) is 64.1 Å².